The van der Waals surface area contributed by atoms with Crippen LogP contribution in [0.5, 0.6) is 0 Å². The Balaban J connectivity index is 2.43. The van der Waals surface area contributed by atoms with Gasteiger partial charge in [-0.05, 0) is 6.92 Å². The molecule has 0 aliphatic heterocycles. The van der Waals surface area contributed by atoms with Crippen molar-refractivity contribution < 1.29 is 13.2 Å². The number of nitrogens with zero attached hydrogens (tertiary/aromatic N) is 2. The molecule has 0 spiro atoms. The Bertz CT molecular complexity index is 544. The first-order valence-electron chi connectivity index (χ1n) is 5.33. The second-order valence-corrected chi connectivity index (χ2v) is 3.99. The maximum absolute atomic E-state index is 12.4. The lowest BCUT2D eigenvalue weighted by atomic mass is 10.1. The van der Waals surface area contributed by atoms with Crippen LogP contribution in [0.15, 0.2) is 30.3 Å². The van der Waals surface area contributed by atoms with Crippen molar-refractivity contribution in [2.24, 2.45) is 0 Å². The van der Waals surface area contributed by atoms with Gasteiger partial charge in [-0.25, -0.2) is 0 Å². The number of alkyl halides is 3. The molecule has 0 saturated carbocycles. The van der Waals surface area contributed by atoms with Gasteiger partial charge in [0.15, 0.2) is 0 Å². The van der Waals surface area contributed by atoms with Gasteiger partial charge in [-0.3, -0.25) is 4.68 Å². The van der Waals surface area contributed by atoms with Crippen molar-refractivity contribution in [2.45, 2.75) is 19.6 Å². The zero-order valence-corrected chi connectivity index (χ0v) is 9.70. The van der Waals surface area contributed by atoms with Crippen LogP contribution in [-0.4, -0.2) is 16.0 Å². The van der Waals surface area contributed by atoms with Gasteiger partial charge in [0, 0.05) is 5.56 Å². The summed E-state index contributed by atoms with van der Waals surface area (Å²) in [4.78, 5) is 0. The average Bonchev–Trinajstić information content (AvgIpc) is 2.57. The number of halogens is 3. The molecule has 0 amide bonds. The summed E-state index contributed by atoms with van der Waals surface area (Å²) in [5, 5.41) is 3.94. The van der Waals surface area contributed by atoms with Gasteiger partial charge in [0.1, 0.15) is 12.2 Å². The van der Waals surface area contributed by atoms with E-state index in [4.69, 9.17) is 5.73 Å². The number of nitrogens with two attached hydrogens (primary N) is 1. The number of rotatable bonds is 2. The van der Waals surface area contributed by atoms with Gasteiger partial charge in [-0.15, -0.1) is 0 Å². The minimum absolute atomic E-state index is 0.283. The van der Waals surface area contributed by atoms with Crippen LogP contribution >= 0.6 is 0 Å². The smallest absolute Gasteiger partial charge is 0.395 e. The number of hydrogen-bond donors (Lipinski definition) is 1. The minimum Gasteiger partial charge on any atom is -0.395 e. The minimum atomic E-state index is -4.31. The SMILES string of the molecule is Cc1c(N)c(-c2ccccc2)nn1CC(F)(F)F. The highest BCUT2D eigenvalue weighted by molar-refractivity contribution is 5.74. The molecule has 3 nitrogen and oxygen atoms in total. The van der Waals surface area contributed by atoms with Crippen LogP contribution in [0.3, 0.4) is 0 Å². The molecule has 1 aromatic heterocycles. The average molecular weight is 255 g/mol. The molecular formula is C12H12F3N3. The van der Waals surface area contributed by atoms with E-state index in [1.54, 1.807) is 24.3 Å². The Morgan fingerprint density at radius 1 is 1.22 bits per heavy atom. The first-order valence-corrected chi connectivity index (χ1v) is 5.33. The van der Waals surface area contributed by atoms with E-state index in [0.717, 1.165) is 4.68 Å². The van der Waals surface area contributed by atoms with Crippen LogP contribution in [0.4, 0.5) is 18.9 Å². The predicted molar refractivity (Wildman–Crippen MR) is 62.9 cm³/mol. The lowest BCUT2D eigenvalue weighted by Crippen LogP contribution is -2.19. The van der Waals surface area contributed by atoms with Crippen molar-refractivity contribution in [3.8, 4) is 11.3 Å². The molecule has 0 bridgehead atoms. The maximum atomic E-state index is 12.4. The highest BCUT2D eigenvalue weighted by atomic mass is 19.4. The summed E-state index contributed by atoms with van der Waals surface area (Å²) in [7, 11) is 0. The van der Waals surface area contributed by atoms with Crippen molar-refractivity contribution in [3.05, 3.63) is 36.0 Å². The summed E-state index contributed by atoms with van der Waals surface area (Å²) < 4.78 is 38.0. The Labute approximate surface area is 102 Å². The molecule has 2 rings (SSSR count). The molecule has 2 N–H and O–H groups in total. The van der Waals surface area contributed by atoms with Crippen LogP contribution in [0.1, 0.15) is 5.69 Å². The fraction of sp³-hybridized carbons (Fsp3) is 0.250. The van der Waals surface area contributed by atoms with Crippen LogP contribution < -0.4 is 5.73 Å². The van der Waals surface area contributed by atoms with Gasteiger partial charge in [-0.1, -0.05) is 30.3 Å². The molecule has 0 fully saturated rings. The normalized spacial score (nSPS) is 11.8. The van der Waals surface area contributed by atoms with E-state index in [2.05, 4.69) is 5.10 Å². The summed E-state index contributed by atoms with van der Waals surface area (Å²) in [5.41, 5.74) is 7.51. The predicted octanol–water partition coefficient (Wildman–Crippen LogP) is 3.00. The third-order valence-electron chi connectivity index (χ3n) is 2.63. The van der Waals surface area contributed by atoms with E-state index in [0.29, 0.717) is 17.0 Å². The Morgan fingerprint density at radius 2 is 1.83 bits per heavy atom. The molecule has 0 atom stereocenters. The van der Waals surface area contributed by atoms with Crippen molar-refractivity contribution >= 4 is 5.69 Å². The molecule has 0 saturated heterocycles. The Morgan fingerprint density at radius 3 is 2.39 bits per heavy atom. The van der Waals surface area contributed by atoms with Gasteiger partial charge >= 0.3 is 6.18 Å². The fourth-order valence-corrected chi connectivity index (χ4v) is 1.69. The summed E-state index contributed by atoms with van der Waals surface area (Å²) in [6, 6.07) is 8.91. The van der Waals surface area contributed by atoms with Gasteiger partial charge in [-0.2, -0.15) is 18.3 Å². The van der Waals surface area contributed by atoms with Crippen LogP contribution in [0.25, 0.3) is 11.3 Å². The monoisotopic (exact) mass is 255 g/mol. The van der Waals surface area contributed by atoms with Crippen molar-refractivity contribution in [1.82, 2.24) is 9.78 Å². The standard InChI is InChI=1S/C12H12F3N3/c1-8-10(16)11(9-5-3-2-4-6-9)17-18(8)7-12(13,14)15/h2-6H,7,16H2,1H3. The molecule has 0 radical (unpaired) electrons. The molecule has 0 aliphatic rings. The molecule has 1 heterocycles. The van der Waals surface area contributed by atoms with E-state index in [1.165, 1.54) is 6.92 Å². The molecule has 0 aliphatic carbocycles. The first-order chi connectivity index (χ1) is 8.38. The van der Waals surface area contributed by atoms with Crippen molar-refractivity contribution in [2.75, 3.05) is 5.73 Å². The summed E-state index contributed by atoms with van der Waals surface area (Å²) in [6.07, 6.45) is -4.31. The molecule has 6 heteroatoms. The number of nitrogen functional groups attached to an aromatic ring is 1. The molecule has 0 unspecified atom stereocenters. The van der Waals surface area contributed by atoms with E-state index >= 15 is 0 Å². The number of benzene rings is 1. The fourth-order valence-electron chi connectivity index (χ4n) is 1.69. The highest BCUT2D eigenvalue weighted by Gasteiger charge is 2.30. The molecule has 1 aromatic carbocycles. The lowest BCUT2D eigenvalue weighted by Gasteiger charge is -2.07. The quantitative estimate of drug-likeness (QED) is 0.896. The van der Waals surface area contributed by atoms with E-state index in [1.807, 2.05) is 6.07 Å². The molecule has 96 valence electrons. The summed E-state index contributed by atoms with van der Waals surface area (Å²) in [6.45, 7) is 0.399. The lowest BCUT2D eigenvalue weighted by molar-refractivity contribution is -0.142. The summed E-state index contributed by atoms with van der Waals surface area (Å²) in [5.74, 6) is 0. The number of aromatic nitrogens is 2. The molecule has 2 aromatic rings. The summed E-state index contributed by atoms with van der Waals surface area (Å²) >= 11 is 0. The second-order valence-electron chi connectivity index (χ2n) is 3.99. The zero-order chi connectivity index (χ0) is 13.3. The Kier molecular flexibility index (Phi) is 3.02. The van der Waals surface area contributed by atoms with Crippen LogP contribution in [0.2, 0.25) is 0 Å². The van der Waals surface area contributed by atoms with Gasteiger partial charge in [0.2, 0.25) is 0 Å². The third-order valence-corrected chi connectivity index (χ3v) is 2.63. The topological polar surface area (TPSA) is 43.8 Å². The number of anilines is 1. The largest absolute Gasteiger partial charge is 0.408 e. The van der Waals surface area contributed by atoms with E-state index in [-0.39, 0.29) is 5.69 Å². The maximum Gasteiger partial charge on any atom is 0.408 e. The molecule has 18 heavy (non-hydrogen) atoms. The molecular weight excluding hydrogens is 243 g/mol. The van der Waals surface area contributed by atoms with Crippen LogP contribution in [0, 0.1) is 6.92 Å². The Hall–Kier alpha value is -1.98. The van der Waals surface area contributed by atoms with Gasteiger partial charge in [0.25, 0.3) is 0 Å². The zero-order valence-electron chi connectivity index (χ0n) is 9.70. The highest BCUT2D eigenvalue weighted by Crippen LogP contribution is 2.29. The van der Waals surface area contributed by atoms with E-state index < -0.39 is 12.7 Å². The van der Waals surface area contributed by atoms with Crippen molar-refractivity contribution in [3.63, 3.8) is 0 Å². The number of hydrogen-bond acceptors (Lipinski definition) is 2. The third kappa shape index (κ3) is 2.47. The van der Waals surface area contributed by atoms with Crippen molar-refractivity contribution in [1.29, 1.82) is 0 Å². The van der Waals surface area contributed by atoms with Gasteiger partial charge < -0.3 is 5.73 Å². The van der Waals surface area contributed by atoms with Crippen LogP contribution in [-0.2, 0) is 6.54 Å². The second kappa shape index (κ2) is 4.36. The first kappa shape index (κ1) is 12.5. The van der Waals surface area contributed by atoms with Gasteiger partial charge in [0.05, 0.1) is 11.4 Å². The van der Waals surface area contributed by atoms with E-state index in [9.17, 15) is 13.2 Å².